The van der Waals surface area contributed by atoms with Crippen molar-refractivity contribution in [3.63, 3.8) is 0 Å². The number of carbonyl (C=O) groups excluding carboxylic acids is 1. The summed E-state index contributed by atoms with van der Waals surface area (Å²) in [7, 11) is 0. The third kappa shape index (κ3) is 4.14. The van der Waals surface area contributed by atoms with Gasteiger partial charge in [0.1, 0.15) is 28.9 Å². The molecule has 5 nitrogen and oxygen atoms in total. The van der Waals surface area contributed by atoms with Gasteiger partial charge < -0.3 is 14.5 Å². The van der Waals surface area contributed by atoms with E-state index in [2.05, 4.69) is 11.0 Å². The molecule has 1 fully saturated rings. The monoisotopic (exact) mass is 461 g/mol. The number of halogens is 2. The van der Waals surface area contributed by atoms with E-state index in [0.29, 0.717) is 25.4 Å². The zero-order valence-electron chi connectivity index (χ0n) is 19.3. The molecule has 34 heavy (non-hydrogen) atoms. The maximum absolute atomic E-state index is 13.7. The van der Waals surface area contributed by atoms with Gasteiger partial charge in [0.2, 0.25) is 0 Å². The molecule has 0 unspecified atom stereocenters. The largest absolute Gasteiger partial charge is 0.454 e. The Morgan fingerprint density at radius 1 is 0.941 bits per heavy atom. The maximum atomic E-state index is 13.7. The van der Waals surface area contributed by atoms with E-state index in [1.165, 1.54) is 0 Å². The van der Waals surface area contributed by atoms with E-state index >= 15 is 0 Å². The lowest BCUT2D eigenvalue weighted by Gasteiger charge is -2.41. The van der Waals surface area contributed by atoms with Gasteiger partial charge in [-0.25, -0.2) is 13.8 Å². The predicted molar refractivity (Wildman–Crippen MR) is 127 cm³/mol. The van der Waals surface area contributed by atoms with E-state index in [1.54, 1.807) is 4.90 Å². The van der Waals surface area contributed by atoms with Crippen LogP contribution in [-0.4, -0.2) is 47.2 Å². The molecule has 0 N–H and O–H groups in total. The number of aryl methyl sites for hydroxylation is 2. The van der Waals surface area contributed by atoms with Crippen LogP contribution in [0.5, 0.6) is 11.5 Å². The Morgan fingerprint density at radius 3 is 2.38 bits per heavy atom. The molecule has 0 bridgehead atoms. The zero-order chi connectivity index (χ0) is 24.0. The third-order valence-electron chi connectivity index (χ3n) is 6.23. The quantitative estimate of drug-likeness (QED) is 0.473. The summed E-state index contributed by atoms with van der Waals surface area (Å²) in [5.41, 5.74) is 3.83. The SMILES string of the molecule is Cc1ccc2c(c1)Oc1ccc(C)cc1C(N1CCN(C(=O)c3cc(F)cc(F)c3)[C@H](C)C1)=N2. The topological polar surface area (TPSA) is 45.1 Å². The zero-order valence-corrected chi connectivity index (χ0v) is 19.3. The fraction of sp³-hybridized carbons (Fsp3) is 0.259. The van der Waals surface area contributed by atoms with Crippen LogP contribution >= 0.6 is 0 Å². The summed E-state index contributed by atoms with van der Waals surface area (Å²) in [6.07, 6.45) is 0. The Morgan fingerprint density at radius 2 is 1.65 bits per heavy atom. The normalized spacial score (nSPS) is 17.3. The smallest absolute Gasteiger partial charge is 0.254 e. The molecule has 3 aromatic rings. The minimum Gasteiger partial charge on any atom is -0.454 e. The van der Waals surface area contributed by atoms with Gasteiger partial charge in [0, 0.05) is 37.3 Å². The van der Waals surface area contributed by atoms with Crippen molar-refractivity contribution in [2.75, 3.05) is 19.6 Å². The summed E-state index contributed by atoms with van der Waals surface area (Å²) in [5, 5.41) is 0. The van der Waals surface area contributed by atoms with E-state index in [-0.39, 0.29) is 17.5 Å². The van der Waals surface area contributed by atoms with E-state index in [1.807, 2.05) is 51.1 Å². The summed E-state index contributed by atoms with van der Waals surface area (Å²) in [5.74, 6) is 0.322. The van der Waals surface area contributed by atoms with E-state index < -0.39 is 11.6 Å². The summed E-state index contributed by atoms with van der Waals surface area (Å²) in [6.45, 7) is 7.43. The van der Waals surface area contributed by atoms with Gasteiger partial charge in [-0.05, 0) is 62.7 Å². The number of carbonyl (C=O) groups is 1. The molecule has 1 amide bonds. The highest BCUT2D eigenvalue weighted by molar-refractivity contribution is 6.04. The molecule has 0 aromatic heterocycles. The first kappa shape index (κ1) is 22.1. The number of nitrogens with zero attached hydrogens (tertiary/aromatic N) is 3. The number of benzene rings is 3. The number of hydrogen-bond donors (Lipinski definition) is 0. The first-order chi connectivity index (χ1) is 16.3. The number of fused-ring (bicyclic) bond motifs is 2. The standard InChI is InChI=1S/C27H25F2N3O2/c1-16-5-7-24-22(10-16)26(30-23-6-4-17(2)11-25(23)34-24)31-8-9-32(18(3)15-31)27(33)19-12-20(28)14-21(29)13-19/h4-7,10-14,18H,8-9,15H2,1-3H3/t18-/m1/s1. The number of ether oxygens (including phenoxy) is 1. The molecule has 0 spiro atoms. The molecular weight excluding hydrogens is 436 g/mol. The summed E-state index contributed by atoms with van der Waals surface area (Å²) < 4.78 is 33.6. The molecule has 0 aliphatic carbocycles. The summed E-state index contributed by atoms with van der Waals surface area (Å²) >= 11 is 0. The molecule has 0 radical (unpaired) electrons. The second-order valence-corrected chi connectivity index (χ2v) is 8.96. The molecule has 3 aromatic carbocycles. The van der Waals surface area contributed by atoms with Crippen LogP contribution in [-0.2, 0) is 0 Å². The number of aliphatic imine (C=N–C) groups is 1. The predicted octanol–water partition coefficient (Wildman–Crippen LogP) is 5.61. The molecule has 2 aliphatic rings. The lowest BCUT2D eigenvalue weighted by atomic mass is 10.1. The van der Waals surface area contributed by atoms with Gasteiger partial charge in [-0.3, -0.25) is 4.79 Å². The van der Waals surface area contributed by atoms with Crippen molar-refractivity contribution in [1.29, 1.82) is 0 Å². The van der Waals surface area contributed by atoms with Crippen LogP contribution < -0.4 is 4.74 Å². The maximum Gasteiger partial charge on any atom is 0.254 e. The van der Waals surface area contributed by atoms with Crippen LogP contribution in [0.25, 0.3) is 0 Å². The molecule has 0 saturated carbocycles. The molecule has 1 atom stereocenters. The Kier molecular flexibility index (Phi) is 5.55. The number of piperazine rings is 1. The van der Waals surface area contributed by atoms with Crippen molar-refractivity contribution in [3.05, 3.63) is 88.5 Å². The Labute approximate surface area is 197 Å². The van der Waals surface area contributed by atoms with Crippen molar-refractivity contribution in [2.24, 2.45) is 4.99 Å². The minimum absolute atomic E-state index is 0.0169. The Bertz CT molecular complexity index is 1300. The van der Waals surface area contributed by atoms with Gasteiger partial charge in [-0.2, -0.15) is 0 Å². The molecule has 2 heterocycles. The highest BCUT2D eigenvalue weighted by Crippen LogP contribution is 2.39. The minimum atomic E-state index is -0.761. The van der Waals surface area contributed by atoms with Crippen LogP contribution in [0, 0.1) is 25.5 Å². The number of amides is 1. The van der Waals surface area contributed by atoms with E-state index in [4.69, 9.17) is 9.73 Å². The van der Waals surface area contributed by atoms with Crippen LogP contribution in [0.15, 0.2) is 59.6 Å². The van der Waals surface area contributed by atoms with Gasteiger partial charge in [0.25, 0.3) is 5.91 Å². The van der Waals surface area contributed by atoms with Crippen molar-refractivity contribution in [1.82, 2.24) is 9.80 Å². The number of hydrogen-bond acceptors (Lipinski definition) is 4. The van der Waals surface area contributed by atoms with Crippen LogP contribution in [0.1, 0.15) is 34.0 Å². The molecule has 5 rings (SSSR count). The molecular formula is C27H25F2N3O2. The number of amidine groups is 1. The molecule has 2 aliphatic heterocycles. The molecule has 7 heteroatoms. The second kappa shape index (κ2) is 8.56. The summed E-state index contributed by atoms with van der Waals surface area (Å²) in [4.78, 5) is 21.8. The van der Waals surface area contributed by atoms with Gasteiger partial charge >= 0.3 is 0 Å². The first-order valence-corrected chi connectivity index (χ1v) is 11.3. The van der Waals surface area contributed by atoms with Crippen LogP contribution in [0.4, 0.5) is 14.5 Å². The third-order valence-corrected chi connectivity index (χ3v) is 6.23. The lowest BCUT2D eigenvalue weighted by Crippen LogP contribution is -2.55. The lowest BCUT2D eigenvalue weighted by molar-refractivity contribution is 0.0580. The second-order valence-electron chi connectivity index (χ2n) is 8.96. The van der Waals surface area contributed by atoms with E-state index in [0.717, 1.165) is 52.2 Å². The summed E-state index contributed by atoms with van der Waals surface area (Å²) in [6, 6.07) is 14.7. The first-order valence-electron chi connectivity index (χ1n) is 11.3. The fourth-order valence-electron chi connectivity index (χ4n) is 4.53. The highest BCUT2D eigenvalue weighted by atomic mass is 19.1. The van der Waals surface area contributed by atoms with Crippen LogP contribution in [0.3, 0.4) is 0 Å². The highest BCUT2D eigenvalue weighted by Gasteiger charge is 2.32. The average molecular weight is 462 g/mol. The number of rotatable bonds is 1. The van der Waals surface area contributed by atoms with Crippen molar-refractivity contribution in [2.45, 2.75) is 26.8 Å². The Hall–Kier alpha value is -3.74. The fourth-order valence-corrected chi connectivity index (χ4v) is 4.53. The van der Waals surface area contributed by atoms with Crippen molar-refractivity contribution < 1.29 is 18.3 Å². The van der Waals surface area contributed by atoms with Gasteiger partial charge in [-0.15, -0.1) is 0 Å². The van der Waals surface area contributed by atoms with Gasteiger partial charge in [0.15, 0.2) is 5.75 Å². The average Bonchev–Trinajstić information content (AvgIpc) is 2.94. The van der Waals surface area contributed by atoms with E-state index in [9.17, 15) is 13.6 Å². The van der Waals surface area contributed by atoms with Crippen LogP contribution in [0.2, 0.25) is 0 Å². The van der Waals surface area contributed by atoms with Crippen molar-refractivity contribution >= 4 is 17.4 Å². The molecule has 1 saturated heterocycles. The molecule has 174 valence electrons. The van der Waals surface area contributed by atoms with Gasteiger partial charge in [-0.1, -0.05) is 17.7 Å². The van der Waals surface area contributed by atoms with Crippen molar-refractivity contribution in [3.8, 4) is 11.5 Å². The Balaban J connectivity index is 1.46. The van der Waals surface area contributed by atoms with Gasteiger partial charge in [0.05, 0.1) is 5.56 Å².